The van der Waals surface area contributed by atoms with Gasteiger partial charge in [-0.05, 0) is 30.7 Å². The smallest absolute Gasteiger partial charge is 0.123 e. The van der Waals surface area contributed by atoms with Crippen LogP contribution in [-0.4, -0.2) is 10.2 Å². The number of nitrogens with zero attached hydrogens (tertiary/aromatic N) is 1. The van der Waals surface area contributed by atoms with Gasteiger partial charge >= 0.3 is 0 Å². The molecule has 0 aliphatic rings. The van der Waals surface area contributed by atoms with Gasteiger partial charge in [0.2, 0.25) is 0 Å². The van der Waals surface area contributed by atoms with Gasteiger partial charge in [0.1, 0.15) is 5.82 Å². The van der Waals surface area contributed by atoms with Crippen LogP contribution in [0.25, 0.3) is 0 Å². The van der Waals surface area contributed by atoms with E-state index in [2.05, 4.69) is 15.5 Å². The van der Waals surface area contributed by atoms with Gasteiger partial charge in [-0.3, -0.25) is 5.10 Å². The largest absolute Gasteiger partial charge is 0.305 e. The van der Waals surface area contributed by atoms with Crippen LogP contribution in [-0.2, 0) is 6.54 Å². The summed E-state index contributed by atoms with van der Waals surface area (Å²) in [4.78, 5) is 0. The molecular weight excluding hydrogens is 205 g/mol. The third-order valence-corrected chi connectivity index (χ3v) is 2.53. The maximum atomic E-state index is 12.7. The first-order valence-electron chi connectivity index (χ1n) is 5.23. The van der Waals surface area contributed by atoms with E-state index in [0.717, 1.165) is 17.8 Å². The average Bonchev–Trinajstić information content (AvgIpc) is 2.80. The number of H-pyrrole nitrogens is 1. The van der Waals surface area contributed by atoms with Gasteiger partial charge in [-0.2, -0.15) is 5.10 Å². The number of rotatable bonds is 4. The van der Waals surface area contributed by atoms with E-state index in [0.29, 0.717) is 0 Å². The Kier molecular flexibility index (Phi) is 3.31. The Bertz CT molecular complexity index is 422. The quantitative estimate of drug-likeness (QED) is 0.829. The molecule has 4 heteroatoms. The van der Waals surface area contributed by atoms with Gasteiger partial charge in [-0.15, -0.1) is 0 Å². The lowest BCUT2D eigenvalue weighted by molar-refractivity contribution is 0.564. The molecule has 1 atom stereocenters. The lowest BCUT2D eigenvalue weighted by Crippen LogP contribution is -2.18. The van der Waals surface area contributed by atoms with Crippen molar-refractivity contribution in [1.29, 1.82) is 0 Å². The third kappa shape index (κ3) is 2.67. The molecule has 0 unspecified atom stereocenters. The number of hydrogen-bond donors (Lipinski definition) is 2. The Morgan fingerprint density at radius 3 is 2.69 bits per heavy atom. The minimum Gasteiger partial charge on any atom is -0.305 e. The first kappa shape index (κ1) is 10.8. The average molecular weight is 219 g/mol. The highest BCUT2D eigenvalue weighted by atomic mass is 19.1. The number of nitrogens with one attached hydrogen (secondary N) is 2. The molecule has 2 N–H and O–H groups in total. The van der Waals surface area contributed by atoms with E-state index >= 15 is 0 Å². The molecule has 0 saturated carbocycles. The van der Waals surface area contributed by atoms with E-state index in [1.807, 2.05) is 13.0 Å². The molecule has 1 heterocycles. The van der Waals surface area contributed by atoms with E-state index in [-0.39, 0.29) is 11.9 Å². The van der Waals surface area contributed by atoms with Crippen molar-refractivity contribution in [2.24, 2.45) is 0 Å². The van der Waals surface area contributed by atoms with Crippen LogP contribution in [0.1, 0.15) is 24.2 Å². The van der Waals surface area contributed by atoms with Gasteiger partial charge < -0.3 is 5.32 Å². The SMILES string of the molecule is C[C@H](NCc1ccn[nH]1)c1ccc(F)cc1. The summed E-state index contributed by atoms with van der Waals surface area (Å²) in [6, 6.07) is 8.64. The molecule has 0 amide bonds. The second-order valence-corrected chi connectivity index (χ2v) is 3.74. The second-order valence-electron chi connectivity index (χ2n) is 3.74. The van der Waals surface area contributed by atoms with Gasteiger partial charge in [0.15, 0.2) is 0 Å². The van der Waals surface area contributed by atoms with Gasteiger partial charge in [0.05, 0.1) is 0 Å². The predicted molar refractivity (Wildman–Crippen MR) is 60.2 cm³/mol. The summed E-state index contributed by atoms with van der Waals surface area (Å²) in [6.45, 7) is 2.77. The molecule has 1 aromatic heterocycles. The van der Waals surface area contributed by atoms with E-state index in [1.165, 1.54) is 12.1 Å². The topological polar surface area (TPSA) is 40.7 Å². The summed E-state index contributed by atoms with van der Waals surface area (Å²) < 4.78 is 12.7. The first-order valence-corrected chi connectivity index (χ1v) is 5.23. The van der Waals surface area contributed by atoms with Crippen molar-refractivity contribution in [3.63, 3.8) is 0 Å². The highest BCUT2D eigenvalue weighted by Gasteiger charge is 2.04. The zero-order valence-electron chi connectivity index (χ0n) is 9.07. The molecule has 1 aromatic carbocycles. The molecule has 2 rings (SSSR count). The Morgan fingerprint density at radius 1 is 1.31 bits per heavy atom. The molecular formula is C12H14FN3. The standard InChI is InChI=1S/C12H14FN3/c1-9(10-2-4-11(13)5-3-10)14-8-12-6-7-15-16-12/h2-7,9,14H,8H2,1H3,(H,15,16)/t9-/m0/s1. The van der Waals surface area contributed by atoms with Crippen LogP contribution < -0.4 is 5.32 Å². The normalized spacial score (nSPS) is 12.6. The Labute approximate surface area is 93.7 Å². The van der Waals surface area contributed by atoms with E-state index in [9.17, 15) is 4.39 Å². The van der Waals surface area contributed by atoms with Gasteiger partial charge in [0.25, 0.3) is 0 Å². The molecule has 0 radical (unpaired) electrons. The zero-order valence-corrected chi connectivity index (χ0v) is 9.07. The van der Waals surface area contributed by atoms with Crippen LogP contribution in [0.5, 0.6) is 0 Å². The highest BCUT2D eigenvalue weighted by molar-refractivity contribution is 5.19. The maximum absolute atomic E-state index is 12.7. The van der Waals surface area contributed by atoms with Crippen molar-refractivity contribution in [1.82, 2.24) is 15.5 Å². The zero-order chi connectivity index (χ0) is 11.4. The number of halogens is 1. The molecule has 2 aromatic rings. The van der Waals surface area contributed by atoms with Gasteiger partial charge in [0, 0.05) is 24.5 Å². The van der Waals surface area contributed by atoms with Crippen LogP contribution in [0, 0.1) is 5.82 Å². The maximum Gasteiger partial charge on any atom is 0.123 e. The van der Waals surface area contributed by atoms with E-state index in [4.69, 9.17) is 0 Å². The van der Waals surface area contributed by atoms with Crippen molar-refractivity contribution < 1.29 is 4.39 Å². The lowest BCUT2D eigenvalue weighted by Gasteiger charge is -2.13. The molecule has 0 fully saturated rings. The fourth-order valence-electron chi connectivity index (χ4n) is 1.52. The molecule has 0 aliphatic heterocycles. The van der Waals surface area contributed by atoms with Crippen molar-refractivity contribution in [3.05, 3.63) is 53.6 Å². The Balaban J connectivity index is 1.93. The molecule has 0 saturated heterocycles. The minimum absolute atomic E-state index is 0.184. The summed E-state index contributed by atoms with van der Waals surface area (Å²) in [5.41, 5.74) is 2.11. The fourth-order valence-corrected chi connectivity index (χ4v) is 1.52. The van der Waals surface area contributed by atoms with Crippen LogP contribution in [0.15, 0.2) is 36.5 Å². The molecule has 0 aliphatic carbocycles. The van der Waals surface area contributed by atoms with Crippen molar-refractivity contribution in [2.75, 3.05) is 0 Å². The summed E-state index contributed by atoms with van der Waals surface area (Å²) in [6.07, 6.45) is 1.72. The van der Waals surface area contributed by atoms with Crippen LogP contribution in [0.4, 0.5) is 4.39 Å². The molecule has 0 spiro atoms. The van der Waals surface area contributed by atoms with Crippen molar-refractivity contribution in [2.45, 2.75) is 19.5 Å². The summed E-state index contributed by atoms with van der Waals surface area (Å²) in [5, 5.41) is 10.1. The summed E-state index contributed by atoms with van der Waals surface area (Å²) in [7, 11) is 0. The number of aromatic amines is 1. The predicted octanol–water partition coefficient (Wildman–Crippen LogP) is 2.40. The lowest BCUT2D eigenvalue weighted by atomic mass is 10.1. The second kappa shape index (κ2) is 4.90. The number of aromatic nitrogens is 2. The van der Waals surface area contributed by atoms with E-state index in [1.54, 1.807) is 18.3 Å². The Hall–Kier alpha value is -1.68. The summed E-state index contributed by atoms with van der Waals surface area (Å²) in [5.74, 6) is -0.204. The third-order valence-electron chi connectivity index (χ3n) is 2.53. The molecule has 84 valence electrons. The van der Waals surface area contributed by atoms with Crippen LogP contribution in [0.3, 0.4) is 0 Å². The van der Waals surface area contributed by atoms with Crippen LogP contribution >= 0.6 is 0 Å². The molecule has 0 bridgehead atoms. The van der Waals surface area contributed by atoms with Crippen molar-refractivity contribution in [3.8, 4) is 0 Å². The number of benzene rings is 1. The van der Waals surface area contributed by atoms with Gasteiger partial charge in [-0.1, -0.05) is 12.1 Å². The molecule has 16 heavy (non-hydrogen) atoms. The molecule has 3 nitrogen and oxygen atoms in total. The summed E-state index contributed by atoms with van der Waals surface area (Å²) >= 11 is 0. The van der Waals surface area contributed by atoms with Crippen LogP contribution in [0.2, 0.25) is 0 Å². The minimum atomic E-state index is -0.204. The Morgan fingerprint density at radius 2 is 2.06 bits per heavy atom. The van der Waals surface area contributed by atoms with Gasteiger partial charge in [-0.25, -0.2) is 4.39 Å². The van der Waals surface area contributed by atoms with Crippen molar-refractivity contribution >= 4 is 0 Å². The monoisotopic (exact) mass is 219 g/mol. The first-order chi connectivity index (χ1) is 7.75. The highest BCUT2D eigenvalue weighted by Crippen LogP contribution is 2.13. The van der Waals surface area contributed by atoms with E-state index < -0.39 is 0 Å². The number of hydrogen-bond acceptors (Lipinski definition) is 2. The fraction of sp³-hybridized carbons (Fsp3) is 0.250.